The van der Waals surface area contributed by atoms with Crippen molar-refractivity contribution in [3.05, 3.63) is 4.91 Å². The van der Waals surface area contributed by atoms with Gasteiger partial charge in [0.1, 0.15) is 11.4 Å². The largest absolute Gasteiger partial charge is 0.389 e. The summed E-state index contributed by atoms with van der Waals surface area (Å²) in [5, 5.41) is 8.08. The standard InChI is InChI=1S/C23H37N3O3/c1-21(2,13-24)29-26-14-7-9-22(3)17-8-10-23(4)16(5-6-20(23)27)15(17)12-19(25-28)18(22)11-14/h15-19H,5-13,24H2,1-4H3/t15-,16-,17-,18?,19?,22+,23-/m0/s1. The fourth-order valence-corrected chi connectivity index (χ4v) is 7.30. The Kier molecular flexibility index (Phi) is 5.16. The summed E-state index contributed by atoms with van der Waals surface area (Å²) in [5.74, 6) is 2.13. The van der Waals surface area contributed by atoms with Gasteiger partial charge in [-0.1, -0.05) is 24.2 Å². The number of nitrogens with two attached hydrogens (primary N) is 1. The fourth-order valence-electron chi connectivity index (χ4n) is 7.30. The average molecular weight is 404 g/mol. The highest BCUT2D eigenvalue weighted by Gasteiger charge is 2.62. The van der Waals surface area contributed by atoms with Crippen molar-refractivity contribution in [3.8, 4) is 0 Å². The number of nitrogens with zero attached hydrogens (tertiary/aromatic N) is 2. The van der Waals surface area contributed by atoms with Gasteiger partial charge in [0.25, 0.3) is 0 Å². The van der Waals surface area contributed by atoms with E-state index in [1.54, 1.807) is 0 Å². The molecule has 2 unspecified atom stereocenters. The van der Waals surface area contributed by atoms with Gasteiger partial charge in [-0.15, -0.1) is 0 Å². The molecule has 2 N–H and O–H groups in total. The zero-order chi connectivity index (χ0) is 21.0. The van der Waals surface area contributed by atoms with Crippen molar-refractivity contribution in [2.24, 2.45) is 50.6 Å². The predicted molar refractivity (Wildman–Crippen MR) is 113 cm³/mol. The van der Waals surface area contributed by atoms with Gasteiger partial charge in [-0.3, -0.25) is 4.79 Å². The van der Waals surface area contributed by atoms with E-state index < -0.39 is 5.60 Å². The average Bonchev–Trinajstić information content (AvgIpc) is 3.00. The van der Waals surface area contributed by atoms with Crippen LogP contribution in [0.15, 0.2) is 10.3 Å². The van der Waals surface area contributed by atoms with Gasteiger partial charge in [0.15, 0.2) is 0 Å². The van der Waals surface area contributed by atoms with Crippen molar-refractivity contribution in [3.63, 3.8) is 0 Å². The molecule has 0 aliphatic heterocycles. The van der Waals surface area contributed by atoms with Gasteiger partial charge in [0.05, 0.1) is 11.8 Å². The minimum absolute atomic E-state index is 0.0941. The van der Waals surface area contributed by atoms with Crippen LogP contribution in [-0.4, -0.2) is 29.7 Å². The van der Waals surface area contributed by atoms with Crippen molar-refractivity contribution in [1.29, 1.82) is 0 Å². The van der Waals surface area contributed by atoms with Crippen molar-refractivity contribution >= 4 is 11.5 Å². The van der Waals surface area contributed by atoms with Crippen LogP contribution < -0.4 is 5.73 Å². The lowest BCUT2D eigenvalue weighted by Crippen LogP contribution is -2.57. The maximum Gasteiger partial charge on any atom is 0.144 e. The SMILES string of the molecule is CC(C)(CN)ON=C1CC[C@@]2(C)C(C1)C(N=O)C[C@@H]1[C@@H]2CC[C@]2(C)C(=O)CC[C@@H]12. The van der Waals surface area contributed by atoms with Gasteiger partial charge in [0.2, 0.25) is 0 Å². The lowest BCUT2D eigenvalue weighted by molar-refractivity contribution is -0.138. The summed E-state index contributed by atoms with van der Waals surface area (Å²) in [7, 11) is 0. The molecule has 4 fully saturated rings. The van der Waals surface area contributed by atoms with Crippen LogP contribution in [0.25, 0.3) is 0 Å². The van der Waals surface area contributed by atoms with Gasteiger partial charge in [-0.2, -0.15) is 4.91 Å². The second-order valence-corrected chi connectivity index (χ2v) is 11.2. The second kappa shape index (κ2) is 7.14. The lowest BCUT2D eigenvalue weighted by Gasteiger charge is -2.60. The van der Waals surface area contributed by atoms with E-state index in [4.69, 9.17) is 10.6 Å². The van der Waals surface area contributed by atoms with E-state index in [0.29, 0.717) is 30.1 Å². The highest BCUT2D eigenvalue weighted by atomic mass is 16.6. The molecule has 7 atom stereocenters. The number of oxime groups is 1. The maximum absolute atomic E-state index is 12.6. The minimum atomic E-state index is -0.476. The van der Waals surface area contributed by atoms with Gasteiger partial charge >= 0.3 is 0 Å². The predicted octanol–water partition coefficient (Wildman–Crippen LogP) is 4.45. The smallest absolute Gasteiger partial charge is 0.144 e. The highest BCUT2D eigenvalue weighted by molar-refractivity contribution is 5.87. The van der Waals surface area contributed by atoms with E-state index in [0.717, 1.165) is 57.1 Å². The zero-order valence-corrected chi connectivity index (χ0v) is 18.4. The first-order chi connectivity index (χ1) is 13.6. The number of Topliss-reactive ketones (excluding diaryl/α,β-unsaturated/α-hetero) is 1. The first kappa shape index (κ1) is 21.0. The summed E-state index contributed by atoms with van der Waals surface area (Å²) in [4.78, 5) is 30.3. The number of nitroso groups, excluding NO2 is 1. The van der Waals surface area contributed by atoms with E-state index in [2.05, 4.69) is 24.2 Å². The number of hydrogen-bond acceptors (Lipinski definition) is 6. The third-order valence-corrected chi connectivity index (χ3v) is 9.27. The third kappa shape index (κ3) is 3.26. The molecule has 4 rings (SSSR count). The lowest BCUT2D eigenvalue weighted by atomic mass is 9.44. The van der Waals surface area contributed by atoms with E-state index in [1.165, 1.54) is 0 Å². The summed E-state index contributed by atoms with van der Waals surface area (Å²) in [5.41, 5.74) is 6.25. The zero-order valence-electron chi connectivity index (χ0n) is 18.4. The molecule has 29 heavy (non-hydrogen) atoms. The number of rotatable bonds is 4. The summed E-state index contributed by atoms with van der Waals surface area (Å²) in [6, 6.07) is -0.188. The van der Waals surface area contributed by atoms with Crippen molar-refractivity contribution in [1.82, 2.24) is 0 Å². The topological polar surface area (TPSA) is 94.1 Å². The van der Waals surface area contributed by atoms with Crippen LogP contribution in [-0.2, 0) is 9.63 Å². The maximum atomic E-state index is 12.6. The summed E-state index contributed by atoms with van der Waals surface area (Å²) < 4.78 is 0. The Morgan fingerprint density at radius 2 is 1.90 bits per heavy atom. The molecule has 0 spiro atoms. The van der Waals surface area contributed by atoms with E-state index in [-0.39, 0.29) is 22.8 Å². The van der Waals surface area contributed by atoms with Gasteiger partial charge in [-0.05, 0) is 87.9 Å². The van der Waals surface area contributed by atoms with Crippen molar-refractivity contribution in [2.75, 3.05) is 6.54 Å². The highest BCUT2D eigenvalue weighted by Crippen LogP contribution is 2.65. The third-order valence-electron chi connectivity index (χ3n) is 9.27. The van der Waals surface area contributed by atoms with Gasteiger partial charge in [-0.25, -0.2) is 0 Å². The molecule has 0 saturated heterocycles. The Bertz CT molecular complexity index is 720. The van der Waals surface area contributed by atoms with Crippen LogP contribution in [0.4, 0.5) is 0 Å². The Morgan fingerprint density at radius 1 is 1.14 bits per heavy atom. The Labute approximate surface area is 174 Å². The molecular weight excluding hydrogens is 366 g/mol. The quantitative estimate of drug-likeness (QED) is 0.554. The number of fused-ring (bicyclic) bond motifs is 5. The molecule has 0 radical (unpaired) electrons. The first-order valence-corrected chi connectivity index (χ1v) is 11.4. The second-order valence-electron chi connectivity index (χ2n) is 11.2. The molecule has 0 aromatic carbocycles. The van der Waals surface area contributed by atoms with E-state index >= 15 is 0 Å². The molecule has 6 heteroatoms. The molecule has 0 bridgehead atoms. The van der Waals surface area contributed by atoms with Crippen molar-refractivity contribution < 1.29 is 9.63 Å². The van der Waals surface area contributed by atoms with Gasteiger partial charge in [0, 0.05) is 18.4 Å². The molecule has 4 saturated carbocycles. The number of ketones is 1. The van der Waals surface area contributed by atoms with Crippen molar-refractivity contribution in [2.45, 2.75) is 90.7 Å². The molecule has 6 nitrogen and oxygen atoms in total. The molecule has 0 aromatic rings. The van der Waals surface area contributed by atoms with Crippen LogP contribution in [0.5, 0.6) is 0 Å². The molecule has 0 amide bonds. The Hall–Kier alpha value is -1.30. The Morgan fingerprint density at radius 3 is 2.59 bits per heavy atom. The normalized spacial score (nSPS) is 46.0. The summed E-state index contributed by atoms with van der Waals surface area (Å²) >= 11 is 0. The number of carbonyl (C=O) groups excluding carboxylic acids is 1. The van der Waals surface area contributed by atoms with E-state index in [9.17, 15) is 9.70 Å². The monoisotopic (exact) mass is 403 g/mol. The summed E-state index contributed by atoms with van der Waals surface area (Å²) in [6.07, 6.45) is 7.38. The Balaban J connectivity index is 1.58. The van der Waals surface area contributed by atoms with Gasteiger partial charge < -0.3 is 10.6 Å². The number of carbonyl (C=O) groups is 1. The fraction of sp³-hybridized carbons (Fsp3) is 0.913. The number of hydrogen-bond donors (Lipinski definition) is 1. The molecule has 4 aliphatic rings. The molecular formula is C23H37N3O3. The molecule has 162 valence electrons. The molecule has 0 aromatic heterocycles. The first-order valence-electron chi connectivity index (χ1n) is 11.4. The van der Waals surface area contributed by atoms with Crippen LogP contribution in [0, 0.1) is 39.4 Å². The van der Waals surface area contributed by atoms with E-state index in [1.807, 2.05) is 13.8 Å². The molecule has 4 aliphatic carbocycles. The van der Waals surface area contributed by atoms with Crippen LogP contribution in [0.2, 0.25) is 0 Å². The molecule has 0 heterocycles. The van der Waals surface area contributed by atoms with Crippen LogP contribution in [0.1, 0.15) is 79.1 Å². The van der Waals surface area contributed by atoms with Crippen LogP contribution in [0.3, 0.4) is 0 Å². The summed E-state index contributed by atoms with van der Waals surface area (Å²) in [6.45, 7) is 8.85. The van der Waals surface area contributed by atoms with Crippen LogP contribution >= 0.6 is 0 Å². The minimum Gasteiger partial charge on any atom is -0.389 e.